The molecule has 0 amide bonds. The molecule has 1 N–H and O–H groups in total. The smallest absolute Gasteiger partial charge is 0.252 e. The normalized spacial score (nSPS) is 13.1. The molecule has 0 spiro atoms. The number of benzene rings is 1. The van der Waals surface area contributed by atoms with E-state index in [1.807, 2.05) is 29.1 Å². The molecule has 0 radical (unpaired) electrons. The maximum absolute atomic E-state index is 13.2. The van der Waals surface area contributed by atoms with Crippen LogP contribution in [0.1, 0.15) is 75.2 Å². The number of nitrogens with one attached hydrogen (secondary N) is 1. The fourth-order valence-electron chi connectivity index (χ4n) is 4.68. The van der Waals surface area contributed by atoms with Gasteiger partial charge in [0, 0.05) is 36.6 Å². The predicted octanol–water partition coefficient (Wildman–Crippen LogP) is 5.07. The SMILES string of the molecule is CCC(C)(C)n1nnnc1[C@H](C(C)C)N(Cc1cccnc1)Cc1cc2cc(C)c(C)cc2[nH]c1=O. The van der Waals surface area contributed by atoms with Gasteiger partial charge in [0.05, 0.1) is 11.6 Å². The van der Waals surface area contributed by atoms with Crippen molar-refractivity contribution in [1.29, 1.82) is 0 Å². The molecule has 36 heavy (non-hydrogen) atoms. The molecule has 0 saturated heterocycles. The van der Waals surface area contributed by atoms with Crippen molar-refractivity contribution in [3.05, 3.63) is 81.2 Å². The Morgan fingerprint density at radius 1 is 1.11 bits per heavy atom. The summed E-state index contributed by atoms with van der Waals surface area (Å²) >= 11 is 0. The predicted molar refractivity (Wildman–Crippen MR) is 143 cm³/mol. The van der Waals surface area contributed by atoms with Crippen molar-refractivity contribution in [3.63, 3.8) is 0 Å². The van der Waals surface area contributed by atoms with Crippen molar-refractivity contribution in [2.24, 2.45) is 5.92 Å². The molecular weight excluding hydrogens is 450 g/mol. The lowest BCUT2D eigenvalue weighted by molar-refractivity contribution is 0.117. The molecule has 190 valence electrons. The van der Waals surface area contributed by atoms with Crippen LogP contribution in [-0.2, 0) is 18.6 Å². The molecule has 0 aliphatic heterocycles. The van der Waals surface area contributed by atoms with Crippen LogP contribution in [0.5, 0.6) is 0 Å². The molecule has 0 bridgehead atoms. The Balaban J connectivity index is 1.82. The van der Waals surface area contributed by atoms with Crippen molar-refractivity contribution in [3.8, 4) is 0 Å². The Kier molecular flexibility index (Phi) is 7.36. The average molecular weight is 488 g/mol. The van der Waals surface area contributed by atoms with Crippen LogP contribution in [0.25, 0.3) is 10.9 Å². The molecule has 0 fully saturated rings. The summed E-state index contributed by atoms with van der Waals surface area (Å²) in [6.45, 7) is 16.0. The van der Waals surface area contributed by atoms with Crippen LogP contribution >= 0.6 is 0 Å². The molecule has 4 rings (SSSR count). The van der Waals surface area contributed by atoms with Crippen molar-refractivity contribution in [2.45, 2.75) is 79.6 Å². The van der Waals surface area contributed by atoms with Gasteiger partial charge >= 0.3 is 0 Å². The number of pyridine rings is 2. The van der Waals surface area contributed by atoms with E-state index in [4.69, 9.17) is 0 Å². The summed E-state index contributed by atoms with van der Waals surface area (Å²) in [5, 5.41) is 14.0. The lowest BCUT2D eigenvalue weighted by Crippen LogP contribution is -2.38. The van der Waals surface area contributed by atoms with E-state index in [0.29, 0.717) is 18.7 Å². The molecule has 3 aromatic heterocycles. The fourth-order valence-corrected chi connectivity index (χ4v) is 4.68. The fraction of sp³-hybridized carbons (Fsp3) is 0.464. The number of nitrogens with zero attached hydrogens (tertiary/aromatic N) is 6. The number of hydrogen-bond acceptors (Lipinski definition) is 6. The Morgan fingerprint density at radius 3 is 2.53 bits per heavy atom. The van der Waals surface area contributed by atoms with Gasteiger partial charge in [0.25, 0.3) is 5.56 Å². The second-order valence-corrected chi connectivity index (χ2v) is 10.7. The first kappa shape index (κ1) is 25.7. The number of hydrogen-bond donors (Lipinski definition) is 1. The van der Waals surface area contributed by atoms with Gasteiger partial charge in [-0.2, -0.15) is 0 Å². The highest BCUT2D eigenvalue weighted by atomic mass is 16.1. The van der Waals surface area contributed by atoms with Crippen molar-refractivity contribution < 1.29 is 0 Å². The number of tetrazole rings is 1. The third-order valence-electron chi connectivity index (χ3n) is 7.24. The van der Waals surface area contributed by atoms with Crippen LogP contribution in [0.3, 0.4) is 0 Å². The number of rotatable bonds is 9. The van der Waals surface area contributed by atoms with Gasteiger partial charge in [0.2, 0.25) is 0 Å². The minimum atomic E-state index is -0.234. The van der Waals surface area contributed by atoms with Crippen molar-refractivity contribution >= 4 is 10.9 Å². The lowest BCUT2D eigenvalue weighted by atomic mass is 9.97. The zero-order valence-electron chi connectivity index (χ0n) is 22.4. The van der Waals surface area contributed by atoms with Crippen LogP contribution < -0.4 is 5.56 Å². The van der Waals surface area contributed by atoms with Crippen molar-refractivity contribution in [2.75, 3.05) is 0 Å². The molecule has 1 atom stereocenters. The molecule has 0 unspecified atom stereocenters. The van der Waals surface area contributed by atoms with Crippen LogP contribution in [0.4, 0.5) is 0 Å². The van der Waals surface area contributed by atoms with E-state index in [0.717, 1.165) is 34.3 Å². The van der Waals surface area contributed by atoms with Crippen molar-refractivity contribution in [1.82, 2.24) is 35.1 Å². The summed E-state index contributed by atoms with van der Waals surface area (Å²) in [4.78, 5) is 22.9. The van der Waals surface area contributed by atoms with Gasteiger partial charge in [-0.05, 0) is 96.8 Å². The quantitative estimate of drug-likeness (QED) is 0.354. The van der Waals surface area contributed by atoms with E-state index in [2.05, 4.69) is 91.0 Å². The van der Waals surface area contributed by atoms with E-state index in [-0.39, 0.29) is 23.1 Å². The number of aromatic nitrogens is 6. The van der Waals surface area contributed by atoms with Crippen LogP contribution in [0, 0.1) is 19.8 Å². The van der Waals surface area contributed by atoms with Gasteiger partial charge in [-0.3, -0.25) is 14.7 Å². The van der Waals surface area contributed by atoms with E-state index in [1.165, 1.54) is 5.56 Å². The molecule has 4 aromatic rings. The van der Waals surface area contributed by atoms with Gasteiger partial charge in [0.15, 0.2) is 5.82 Å². The second-order valence-electron chi connectivity index (χ2n) is 10.7. The maximum atomic E-state index is 13.2. The Labute approximate surface area is 212 Å². The zero-order chi connectivity index (χ0) is 26.0. The number of aromatic amines is 1. The van der Waals surface area contributed by atoms with Gasteiger partial charge < -0.3 is 4.98 Å². The third-order valence-corrected chi connectivity index (χ3v) is 7.24. The molecule has 8 heteroatoms. The number of H-pyrrole nitrogens is 1. The monoisotopic (exact) mass is 487 g/mol. The minimum Gasteiger partial charge on any atom is -0.322 e. The Hall–Kier alpha value is -3.39. The van der Waals surface area contributed by atoms with Crippen LogP contribution in [0.2, 0.25) is 0 Å². The highest BCUT2D eigenvalue weighted by Gasteiger charge is 2.34. The molecule has 0 aliphatic carbocycles. The first-order chi connectivity index (χ1) is 17.1. The molecular formula is C28H37N7O. The molecule has 1 aromatic carbocycles. The first-order valence-electron chi connectivity index (χ1n) is 12.7. The lowest BCUT2D eigenvalue weighted by Gasteiger charge is -2.35. The highest BCUT2D eigenvalue weighted by Crippen LogP contribution is 2.33. The van der Waals surface area contributed by atoms with Gasteiger partial charge in [-0.15, -0.1) is 5.10 Å². The summed E-state index contributed by atoms with van der Waals surface area (Å²) < 4.78 is 1.95. The van der Waals surface area contributed by atoms with Gasteiger partial charge in [0.1, 0.15) is 0 Å². The molecule has 8 nitrogen and oxygen atoms in total. The Bertz CT molecular complexity index is 1390. The number of fused-ring (bicyclic) bond motifs is 1. The molecule has 3 heterocycles. The standard InChI is InChI=1S/C28H37N7O/c1-8-28(6,7)35-26(31-32-33-35)25(18(2)3)34(16-21-10-9-11-29-15-21)17-23-14-22-12-19(4)20(5)13-24(22)30-27(23)36/h9-15,18,25H,8,16-17H2,1-7H3,(H,30,36)/t25-/m0/s1. The van der Waals surface area contributed by atoms with Gasteiger partial charge in [-0.1, -0.05) is 26.8 Å². The summed E-state index contributed by atoms with van der Waals surface area (Å²) in [5.41, 5.74) is 4.71. The van der Waals surface area contributed by atoms with E-state index >= 15 is 0 Å². The topological polar surface area (TPSA) is 92.6 Å². The summed E-state index contributed by atoms with van der Waals surface area (Å²) in [6.07, 6.45) is 4.54. The van der Waals surface area contributed by atoms with Gasteiger partial charge in [-0.25, -0.2) is 4.68 Å². The van der Waals surface area contributed by atoms with E-state index < -0.39 is 0 Å². The zero-order valence-corrected chi connectivity index (χ0v) is 22.4. The van der Waals surface area contributed by atoms with E-state index in [1.54, 1.807) is 6.20 Å². The first-order valence-corrected chi connectivity index (χ1v) is 12.7. The largest absolute Gasteiger partial charge is 0.322 e. The highest BCUT2D eigenvalue weighted by molar-refractivity contribution is 5.80. The maximum Gasteiger partial charge on any atom is 0.252 e. The number of aryl methyl sites for hydroxylation is 2. The average Bonchev–Trinajstić information content (AvgIpc) is 3.32. The molecule has 0 saturated carbocycles. The van der Waals surface area contributed by atoms with Crippen LogP contribution in [0.15, 0.2) is 47.5 Å². The summed E-state index contributed by atoms with van der Waals surface area (Å²) in [6, 6.07) is 10.1. The van der Waals surface area contributed by atoms with Crippen LogP contribution in [-0.4, -0.2) is 35.1 Å². The third kappa shape index (κ3) is 5.23. The summed E-state index contributed by atoms with van der Waals surface area (Å²) in [7, 11) is 0. The molecule has 0 aliphatic rings. The minimum absolute atomic E-state index is 0.0714. The Morgan fingerprint density at radius 2 is 1.86 bits per heavy atom. The summed E-state index contributed by atoms with van der Waals surface area (Å²) in [5.74, 6) is 1.01. The van der Waals surface area contributed by atoms with E-state index in [9.17, 15) is 4.79 Å². The second kappa shape index (κ2) is 10.3.